The fourth-order valence-electron chi connectivity index (χ4n) is 4.02. The zero-order valence-corrected chi connectivity index (χ0v) is 18.7. The lowest BCUT2D eigenvalue weighted by atomic mass is 10.0. The van der Waals surface area contributed by atoms with Crippen LogP contribution in [0.4, 0.5) is 10.5 Å². The molecule has 0 fully saturated rings. The van der Waals surface area contributed by atoms with Crippen LogP contribution in [0.3, 0.4) is 0 Å². The van der Waals surface area contributed by atoms with Gasteiger partial charge < -0.3 is 19.5 Å². The number of nitrogens with one attached hydrogen (secondary N) is 2. The van der Waals surface area contributed by atoms with E-state index < -0.39 is 5.79 Å². The van der Waals surface area contributed by atoms with Gasteiger partial charge in [0.05, 0.1) is 25.0 Å². The second kappa shape index (κ2) is 8.09. The van der Waals surface area contributed by atoms with Crippen LogP contribution in [0.2, 0.25) is 0 Å². The molecular weight excluding hydrogens is 418 g/mol. The molecule has 0 atom stereocenters. The summed E-state index contributed by atoms with van der Waals surface area (Å²) >= 11 is 0. The molecule has 0 spiro atoms. The average Bonchev–Trinajstić information content (AvgIpc) is 3.40. The Bertz CT molecular complexity index is 1170. The molecule has 33 heavy (non-hydrogen) atoms. The predicted octanol–water partition coefficient (Wildman–Crippen LogP) is 5.12. The first-order valence-corrected chi connectivity index (χ1v) is 10.7. The molecule has 0 saturated heterocycles. The molecule has 7 nitrogen and oxygen atoms in total. The summed E-state index contributed by atoms with van der Waals surface area (Å²) in [5, 5.41) is 4.50. The molecule has 2 heterocycles. The van der Waals surface area contributed by atoms with Crippen molar-refractivity contribution in [3.05, 3.63) is 83.9 Å². The first-order chi connectivity index (χ1) is 15.9. The van der Waals surface area contributed by atoms with E-state index in [2.05, 4.69) is 10.7 Å². The van der Waals surface area contributed by atoms with E-state index in [1.807, 2.05) is 74.5 Å². The van der Waals surface area contributed by atoms with E-state index in [-0.39, 0.29) is 6.03 Å². The SMILES string of the molecule is COc1cc(NC(=O)N2CC(c3ccccc3)=C(c3ccccc3)N2)cc2c1OC(C)(C)O2. The molecule has 2 amide bonds. The molecule has 3 aromatic carbocycles. The zero-order valence-electron chi connectivity index (χ0n) is 18.7. The number of amides is 2. The van der Waals surface area contributed by atoms with Crippen LogP contribution in [0.15, 0.2) is 72.8 Å². The van der Waals surface area contributed by atoms with Gasteiger partial charge in [-0.25, -0.2) is 9.80 Å². The van der Waals surface area contributed by atoms with Crippen LogP contribution in [-0.2, 0) is 0 Å². The second-order valence-corrected chi connectivity index (χ2v) is 8.32. The number of hydrazine groups is 1. The number of ether oxygens (including phenoxy) is 3. The van der Waals surface area contributed by atoms with Crippen molar-refractivity contribution in [1.29, 1.82) is 0 Å². The van der Waals surface area contributed by atoms with Crippen LogP contribution < -0.4 is 25.0 Å². The number of benzene rings is 3. The van der Waals surface area contributed by atoms with Crippen molar-refractivity contribution in [1.82, 2.24) is 10.4 Å². The summed E-state index contributed by atoms with van der Waals surface area (Å²) in [6.45, 7) is 4.05. The third kappa shape index (κ3) is 4.05. The van der Waals surface area contributed by atoms with E-state index in [1.54, 1.807) is 24.3 Å². The number of nitrogens with zero attached hydrogens (tertiary/aromatic N) is 1. The van der Waals surface area contributed by atoms with E-state index >= 15 is 0 Å². The molecule has 2 aliphatic rings. The zero-order chi connectivity index (χ0) is 23.0. The van der Waals surface area contributed by atoms with E-state index in [0.717, 1.165) is 22.4 Å². The minimum absolute atomic E-state index is 0.297. The van der Waals surface area contributed by atoms with E-state index in [9.17, 15) is 4.79 Å². The van der Waals surface area contributed by atoms with Gasteiger partial charge in [-0.1, -0.05) is 60.7 Å². The molecule has 0 aliphatic carbocycles. The summed E-state index contributed by atoms with van der Waals surface area (Å²) in [5.41, 5.74) is 7.85. The number of carbonyl (C=O) groups excluding carboxylic acids is 1. The van der Waals surface area contributed by atoms with Crippen molar-refractivity contribution >= 4 is 23.0 Å². The number of anilines is 1. The van der Waals surface area contributed by atoms with Crippen molar-refractivity contribution in [2.75, 3.05) is 19.0 Å². The van der Waals surface area contributed by atoms with Crippen molar-refractivity contribution in [2.45, 2.75) is 19.6 Å². The van der Waals surface area contributed by atoms with Gasteiger partial charge in [0.15, 0.2) is 11.5 Å². The summed E-state index contributed by atoms with van der Waals surface area (Å²) in [6.07, 6.45) is 0. The Labute approximate surface area is 192 Å². The molecule has 168 valence electrons. The minimum atomic E-state index is -0.798. The van der Waals surface area contributed by atoms with Crippen LogP contribution in [0.1, 0.15) is 25.0 Å². The minimum Gasteiger partial charge on any atom is -0.493 e. The van der Waals surface area contributed by atoms with Crippen molar-refractivity contribution in [2.24, 2.45) is 0 Å². The van der Waals surface area contributed by atoms with Gasteiger partial charge in [0.25, 0.3) is 0 Å². The molecule has 7 heteroatoms. The molecule has 0 bridgehead atoms. The normalized spacial score (nSPS) is 15.9. The molecule has 0 saturated carbocycles. The highest BCUT2D eigenvalue weighted by molar-refractivity contribution is 5.98. The van der Waals surface area contributed by atoms with Crippen LogP contribution in [0.25, 0.3) is 11.3 Å². The van der Waals surface area contributed by atoms with Crippen LogP contribution in [0, 0.1) is 0 Å². The number of fused-ring (bicyclic) bond motifs is 1. The summed E-state index contributed by atoms with van der Waals surface area (Å²) < 4.78 is 17.1. The lowest BCUT2D eigenvalue weighted by Crippen LogP contribution is -2.40. The number of hydrogen-bond acceptors (Lipinski definition) is 5. The third-order valence-corrected chi connectivity index (χ3v) is 5.49. The maximum absolute atomic E-state index is 13.2. The molecule has 3 aromatic rings. The smallest absolute Gasteiger partial charge is 0.340 e. The van der Waals surface area contributed by atoms with Gasteiger partial charge in [0.2, 0.25) is 11.5 Å². The lowest BCUT2D eigenvalue weighted by molar-refractivity contribution is -0.0439. The maximum atomic E-state index is 13.2. The molecule has 0 aromatic heterocycles. The third-order valence-electron chi connectivity index (χ3n) is 5.49. The molecule has 2 aliphatic heterocycles. The van der Waals surface area contributed by atoms with Gasteiger partial charge in [-0.05, 0) is 11.1 Å². The number of hydrogen-bond donors (Lipinski definition) is 2. The van der Waals surface area contributed by atoms with Gasteiger partial charge in [-0.2, -0.15) is 0 Å². The van der Waals surface area contributed by atoms with Crippen LogP contribution in [-0.4, -0.2) is 30.5 Å². The summed E-state index contributed by atoms with van der Waals surface area (Å²) in [7, 11) is 1.56. The fourth-order valence-corrected chi connectivity index (χ4v) is 4.02. The highest BCUT2D eigenvalue weighted by Gasteiger charge is 2.35. The Morgan fingerprint density at radius 1 is 1.00 bits per heavy atom. The number of carbonyl (C=O) groups is 1. The standard InChI is InChI=1S/C26H25N3O4/c1-26(2)32-22-15-19(14-21(31-3)24(22)33-26)27-25(30)29-16-20(17-10-6-4-7-11-17)23(28-29)18-12-8-5-9-13-18/h4-15,28H,16H2,1-3H3,(H,27,30). The van der Waals surface area contributed by atoms with E-state index in [0.29, 0.717) is 29.5 Å². The van der Waals surface area contributed by atoms with Gasteiger partial charge in [0, 0.05) is 31.6 Å². The first kappa shape index (κ1) is 20.8. The Balaban J connectivity index is 1.40. The van der Waals surface area contributed by atoms with Crippen LogP contribution >= 0.6 is 0 Å². The van der Waals surface area contributed by atoms with Crippen molar-refractivity contribution < 1.29 is 19.0 Å². The molecular formula is C26H25N3O4. The predicted molar refractivity (Wildman–Crippen MR) is 127 cm³/mol. The van der Waals surface area contributed by atoms with E-state index in [1.165, 1.54) is 0 Å². The topological polar surface area (TPSA) is 72.1 Å². The number of methoxy groups -OCH3 is 1. The van der Waals surface area contributed by atoms with Gasteiger partial charge in [-0.3, -0.25) is 5.43 Å². The first-order valence-electron chi connectivity index (χ1n) is 10.7. The number of urea groups is 1. The van der Waals surface area contributed by atoms with Gasteiger partial charge in [-0.15, -0.1) is 0 Å². The lowest BCUT2D eigenvalue weighted by Gasteiger charge is -2.19. The highest BCUT2D eigenvalue weighted by atomic mass is 16.7. The quantitative estimate of drug-likeness (QED) is 0.585. The summed E-state index contributed by atoms with van der Waals surface area (Å²) in [5.74, 6) is 0.750. The molecule has 0 unspecified atom stereocenters. The summed E-state index contributed by atoms with van der Waals surface area (Å²) in [6, 6.07) is 23.2. The Morgan fingerprint density at radius 3 is 2.33 bits per heavy atom. The number of rotatable bonds is 4. The monoisotopic (exact) mass is 443 g/mol. The maximum Gasteiger partial charge on any atom is 0.340 e. The fraction of sp³-hybridized carbons (Fsp3) is 0.192. The largest absolute Gasteiger partial charge is 0.493 e. The van der Waals surface area contributed by atoms with Crippen LogP contribution in [0.5, 0.6) is 17.2 Å². The Hall–Kier alpha value is -4.13. The molecule has 2 N–H and O–H groups in total. The van der Waals surface area contributed by atoms with Gasteiger partial charge >= 0.3 is 6.03 Å². The van der Waals surface area contributed by atoms with Crippen molar-refractivity contribution in [3.8, 4) is 17.2 Å². The summed E-state index contributed by atoms with van der Waals surface area (Å²) in [4.78, 5) is 13.2. The van der Waals surface area contributed by atoms with Crippen molar-refractivity contribution in [3.63, 3.8) is 0 Å². The van der Waals surface area contributed by atoms with Gasteiger partial charge in [0.1, 0.15) is 0 Å². The van der Waals surface area contributed by atoms with E-state index in [4.69, 9.17) is 14.2 Å². The highest BCUT2D eigenvalue weighted by Crippen LogP contribution is 2.47. The molecule has 5 rings (SSSR count). The Kier molecular flexibility index (Phi) is 5.09. The average molecular weight is 444 g/mol. The Morgan fingerprint density at radius 2 is 1.67 bits per heavy atom. The molecule has 0 radical (unpaired) electrons. The second-order valence-electron chi connectivity index (χ2n) is 8.32.